The van der Waals surface area contributed by atoms with Crippen LogP contribution in [0.25, 0.3) is 0 Å². The summed E-state index contributed by atoms with van der Waals surface area (Å²) in [7, 11) is 0. The predicted molar refractivity (Wildman–Crippen MR) is 48.4 cm³/mol. The van der Waals surface area contributed by atoms with Crippen LogP contribution in [0, 0.1) is 0 Å². The van der Waals surface area contributed by atoms with Crippen LogP contribution in [0.15, 0.2) is 22.8 Å². The predicted octanol–water partition coefficient (Wildman–Crippen LogP) is 2.20. The average molecular weight is 189 g/mol. The van der Waals surface area contributed by atoms with Crippen LogP contribution >= 0.6 is 11.6 Å². The lowest BCUT2D eigenvalue weighted by Crippen LogP contribution is -2.09. The molecular weight excluding hydrogens is 176 g/mol. The van der Waals surface area contributed by atoms with Crippen LogP contribution in [0.3, 0.4) is 0 Å². The zero-order valence-corrected chi connectivity index (χ0v) is 7.63. The van der Waals surface area contributed by atoms with Crippen molar-refractivity contribution >= 4 is 11.6 Å². The van der Waals surface area contributed by atoms with Crippen LogP contribution in [0.5, 0.6) is 0 Å². The van der Waals surface area contributed by atoms with Gasteiger partial charge in [-0.1, -0.05) is 0 Å². The first-order valence-corrected chi connectivity index (χ1v) is 4.63. The summed E-state index contributed by atoms with van der Waals surface area (Å²) in [5, 5.41) is 9.43. The molecule has 0 saturated heterocycles. The number of furan rings is 1. The van der Waals surface area contributed by atoms with Crippen LogP contribution in [0.4, 0.5) is 0 Å². The van der Waals surface area contributed by atoms with Crippen molar-refractivity contribution in [2.45, 2.75) is 25.4 Å². The van der Waals surface area contributed by atoms with Gasteiger partial charge in [-0.2, -0.15) is 0 Å². The summed E-state index contributed by atoms with van der Waals surface area (Å²) in [6.07, 6.45) is 3.47. The summed E-state index contributed by atoms with van der Waals surface area (Å²) in [6.45, 7) is 0. The summed E-state index contributed by atoms with van der Waals surface area (Å²) in [5.41, 5.74) is 0. The van der Waals surface area contributed by atoms with E-state index >= 15 is 0 Å². The lowest BCUT2D eigenvalue weighted by molar-refractivity contribution is 0.157. The second kappa shape index (κ2) is 5.22. The van der Waals surface area contributed by atoms with E-state index in [1.54, 1.807) is 6.26 Å². The van der Waals surface area contributed by atoms with Gasteiger partial charge in [-0.25, -0.2) is 0 Å². The highest BCUT2D eigenvalue weighted by Gasteiger charge is 2.06. The van der Waals surface area contributed by atoms with Crippen LogP contribution < -0.4 is 0 Å². The number of rotatable bonds is 5. The molecule has 0 bridgehead atoms. The Morgan fingerprint density at radius 3 is 3.00 bits per heavy atom. The number of hydrogen-bond donors (Lipinski definition) is 1. The molecule has 1 aromatic heterocycles. The molecule has 2 nitrogen and oxygen atoms in total. The second-order valence-electron chi connectivity index (χ2n) is 2.77. The third kappa shape index (κ3) is 3.28. The first kappa shape index (κ1) is 9.62. The highest BCUT2D eigenvalue weighted by molar-refractivity contribution is 6.17. The molecule has 1 rings (SSSR count). The lowest BCUT2D eigenvalue weighted by Gasteiger charge is -2.06. The molecular formula is C9H13ClO2. The zero-order valence-electron chi connectivity index (χ0n) is 6.87. The Morgan fingerprint density at radius 2 is 2.42 bits per heavy atom. The lowest BCUT2D eigenvalue weighted by atomic mass is 10.1. The van der Waals surface area contributed by atoms with Crippen molar-refractivity contribution in [2.75, 3.05) is 5.88 Å². The van der Waals surface area contributed by atoms with Gasteiger partial charge in [0.15, 0.2) is 0 Å². The SMILES string of the molecule is OC(CCCCl)Cc1ccco1. The number of hydrogen-bond acceptors (Lipinski definition) is 2. The maximum Gasteiger partial charge on any atom is 0.106 e. The molecule has 0 aliphatic rings. The first-order valence-electron chi connectivity index (χ1n) is 4.09. The van der Waals surface area contributed by atoms with Gasteiger partial charge in [0.1, 0.15) is 5.76 Å². The number of halogens is 1. The van der Waals surface area contributed by atoms with Crippen molar-refractivity contribution in [3.8, 4) is 0 Å². The van der Waals surface area contributed by atoms with Crippen molar-refractivity contribution in [1.29, 1.82) is 0 Å². The average Bonchev–Trinajstić information content (AvgIpc) is 2.53. The molecule has 0 spiro atoms. The first-order chi connectivity index (χ1) is 5.83. The van der Waals surface area contributed by atoms with Crippen LogP contribution in [-0.4, -0.2) is 17.1 Å². The number of aliphatic hydroxyl groups excluding tert-OH is 1. The van der Waals surface area contributed by atoms with Crippen LogP contribution in [-0.2, 0) is 6.42 Å². The fraction of sp³-hybridized carbons (Fsp3) is 0.556. The molecule has 0 fully saturated rings. The molecule has 68 valence electrons. The number of aliphatic hydroxyl groups is 1. The van der Waals surface area contributed by atoms with Crippen molar-refractivity contribution in [2.24, 2.45) is 0 Å². The molecule has 1 unspecified atom stereocenters. The second-order valence-corrected chi connectivity index (χ2v) is 3.15. The van der Waals surface area contributed by atoms with Crippen molar-refractivity contribution in [3.63, 3.8) is 0 Å². The Morgan fingerprint density at radius 1 is 1.58 bits per heavy atom. The van der Waals surface area contributed by atoms with Gasteiger partial charge in [0.25, 0.3) is 0 Å². The minimum atomic E-state index is -0.324. The van der Waals surface area contributed by atoms with Gasteiger partial charge in [-0.05, 0) is 25.0 Å². The Labute approximate surface area is 77.1 Å². The summed E-state index contributed by atoms with van der Waals surface area (Å²) in [4.78, 5) is 0. The van der Waals surface area contributed by atoms with Gasteiger partial charge >= 0.3 is 0 Å². The minimum absolute atomic E-state index is 0.324. The summed E-state index contributed by atoms with van der Waals surface area (Å²) < 4.78 is 5.09. The van der Waals surface area contributed by atoms with E-state index in [1.807, 2.05) is 12.1 Å². The molecule has 1 atom stereocenters. The molecule has 0 aliphatic heterocycles. The zero-order chi connectivity index (χ0) is 8.81. The summed E-state index contributed by atoms with van der Waals surface area (Å²) in [6, 6.07) is 3.69. The minimum Gasteiger partial charge on any atom is -0.469 e. The van der Waals surface area contributed by atoms with E-state index in [1.165, 1.54) is 0 Å². The molecule has 12 heavy (non-hydrogen) atoms. The van der Waals surface area contributed by atoms with Gasteiger partial charge in [-0.15, -0.1) is 11.6 Å². The maximum atomic E-state index is 9.43. The standard InChI is InChI=1S/C9H13ClO2/c10-5-1-3-8(11)7-9-4-2-6-12-9/h2,4,6,8,11H,1,3,5,7H2. The van der Waals surface area contributed by atoms with Gasteiger partial charge in [0.2, 0.25) is 0 Å². The fourth-order valence-corrected chi connectivity index (χ4v) is 1.23. The van der Waals surface area contributed by atoms with Gasteiger partial charge in [-0.3, -0.25) is 0 Å². The van der Waals surface area contributed by atoms with E-state index in [-0.39, 0.29) is 6.10 Å². The van der Waals surface area contributed by atoms with Gasteiger partial charge in [0.05, 0.1) is 12.4 Å². The van der Waals surface area contributed by atoms with Gasteiger partial charge < -0.3 is 9.52 Å². The monoisotopic (exact) mass is 188 g/mol. The normalized spacial score (nSPS) is 13.2. The van der Waals surface area contributed by atoms with E-state index in [2.05, 4.69) is 0 Å². The van der Waals surface area contributed by atoms with E-state index in [0.717, 1.165) is 18.6 Å². The molecule has 1 N–H and O–H groups in total. The van der Waals surface area contributed by atoms with E-state index in [4.69, 9.17) is 16.0 Å². The smallest absolute Gasteiger partial charge is 0.106 e. The summed E-state index contributed by atoms with van der Waals surface area (Å²) in [5.74, 6) is 1.44. The van der Waals surface area contributed by atoms with E-state index in [9.17, 15) is 5.11 Å². The molecule has 0 saturated carbocycles. The van der Waals surface area contributed by atoms with E-state index in [0.29, 0.717) is 12.3 Å². The maximum absolute atomic E-state index is 9.43. The highest BCUT2D eigenvalue weighted by Crippen LogP contribution is 2.08. The Kier molecular flexibility index (Phi) is 4.19. The van der Waals surface area contributed by atoms with Crippen molar-refractivity contribution in [1.82, 2.24) is 0 Å². The largest absolute Gasteiger partial charge is 0.469 e. The molecule has 3 heteroatoms. The summed E-state index contributed by atoms with van der Waals surface area (Å²) >= 11 is 5.49. The Balaban J connectivity index is 2.22. The van der Waals surface area contributed by atoms with E-state index < -0.39 is 0 Å². The topological polar surface area (TPSA) is 33.4 Å². The van der Waals surface area contributed by atoms with Crippen molar-refractivity contribution < 1.29 is 9.52 Å². The molecule has 0 aliphatic carbocycles. The number of alkyl halides is 1. The van der Waals surface area contributed by atoms with Crippen molar-refractivity contribution in [3.05, 3.63) is 24.2 Å². The molecule has 0 radical (unpaired) electrons. The molecule has 1 aromatic rings. The molecule has 0 aromatic carbocycles. The Bertz CT molecular complexity index is 196. The Hall–Kier alpha value is -0.470. The molecule has 0 amide bonds. The fourth-order valence-electron chi connectivity index (χ4n) is 1.08. The quantitative estimate of drug-likeness (QED) is 0.719. The van der Waals surface area contributed by atoms with Crippen LogP contribution in [0.1, 0.15) is 18.6 Å². The van der Waals surface area contributed by atoms with Gasteiger partial charge in [0, 0.05) is 12.3 Å². The van der Waals surface area contributed by atoms with Crippen LogP contribution in [0.2, 0.25) is 0 Å². The third-order valence-electron chi connectivity index (χ3n) is 1.69. The third-order valence-corrected chi connectivity index (χ3v) is 1.96. The highest BCUT2D eigenvalue weighted by atomic mass is 35.5. The molecule has 1 heterocycles.